The van der Waals surface area contributed by atoms with Gasteiger partial charge in [-0.2, -0.15) is 0 Å². The van der Waals surface area contributed by atoms with Gasteiger partial charge in [0.1, 0.15) is 25.2 Å². The van der Waals surface area contributed by atoms with Gasteiger partial charge in [0.2, 0.25) is 0 Å². The molecule has 0 aromatic heterocycles. The van der Waals surface area contributed by atoms with E-state index in [9.17, 15) is 4.79 Å². The van der Waals surface area contributed by atoms with Gasteiger partial charge in [-0.05, 0) is 13.2 Å². The van der Waals surface area contributed by atoms with Gasteiger partial charge in [0.25, 0.3) is 0 Å². The molecule has 0 saturated heterocycles. The number of esters is 1. The minimum atomic E-state index is -0.498. The van der Waals surface area contributed by atoms with E-state index in [0.717, 1.165) is 11.1 Å². The highest BCUT2D eigenvalue weighted by Crippen LogP contribution is 2.21. The van der Waals surface area contributed by atoms with Crippen LogP contribution in [0.3, 0.4) is 0 Å². The van der Waals surface area contributed by atoms with Gasteiger partial charge in [-0.3, -0.25) is 0 Å². The molecule has 0 bridgehead atoms. The van der Waals surface area contributed by atoms with Crippen LogP contribution in [-0.4, -0.2) is 44.3 Å². The van der Waals surface area contributed by atoms with Crippen molar-refractivity contribution in [1.29, 1.82) is 0 Å². The van der Waals surface area contributed by atoms with Crippen LogP contribution in [-0.2, 0) is 30.6 Å². The maximum Gasteiger partial charge on any atom is 0.334 e. The Bertz CT molecular complexity index is 671. The molecule has 0 unspecified atom stereocenters. The molecule has 0 radical (unpaired) electrons. The summed E-state index contributed by atoms with van der Waals surface area (Å²) in [6.07, 6.45) is 3.15. The van der Waals surface area contributed by atoms with Crippen LogP contribution in [0, 0.1) is 0 Å². The van der Waals surface area contributed by atoms with Crippen molar-refractivity contribution >= 4 is 34.2 Å². The number of carbonyl (C=O) groups excluding carboxylic acids is 1. The monoisotopic (exact) mass is 366 g/mol. The van der Waals surface area contributed by atoms with E-state index in [1.54, 1.807) is 6.92 Å². The van der Waals surface area contributed by atoms with Crippen LogP contribution in [0.2, 0.25) is 0 Å². The summed E-state index contributed by atoms with van der Waals surface area (Å²) >= 11 is 1.40. The third-order valence-electron chi connectivity index (χ3n) is 3.05. The summed E-state index contributed by atoms with van der Waals surface area (Å²) in [7, 11) is 4.27. The zero-order valence-electron chi connectivity index (χ0n) is 14.9. The van der Waals surface area contributed by atoms with Crippen molar-refractivity contribution in [2.75, 3.05) is 27.6 Å². The van der Waals surface area contributed by atoms with Crippen LogP contribution in [0.15, 0.2) is 40.7 Å². The number of benzene rings is 1. The first-order valence-corrected chi connectivity index (χ1v) is 8.53. The van der Waals surface area contributed by atoms with Crippen molar-refractivity contribution in [3.63, 3.8) is 0 Å². The van der Waals surface area contributed by atoms with Gasteiger partial charge in [-0.15, -0.1) is 11.8 Å². The van der Waals surface area contributed by atoms with Gasteiger partial charge in [-0.25, -0.2) is 4.79 Å². The number of carbonyl (C=O) groups is 1. The molecule has 0 N–H and O–H groups in total. The van der Waals surface area contributed by atoms with Crippen molar-refractivity contribution in [3.8, 4) is 0 Å². The average Bonchev–Trinajstić information content (AvgIpc) is 2.64. The molecular weight excluding hydrogens is 344 g/mol. The minimum absolute atomic E-state index is 0.198. The first kappa shape index (κ1) is 20.6. The summed E-state index contributed by atoms with van der Waals surface area (Å²) in [5.74, 6) is -0.112. The summed E-state index contributed by atoms with van der Waals surface area (Å²) in [6, 6.07) is 7.40. The van der Waals surface area contributed by atoms with Crippen molar-refractivity contribution < 1.29 is 23.9 Å². The molecule has 0 aliphatic carbocycles. The van der Waals surface area contributed by atoms with Gasteiger partial charge in [0.15, 0.2) is 5.04 Å². The van der Waals surface area contributed by atoms with Crippen LogP contribution in [0.25, 0.3) is 5.76 Å². The zero-order valence-corrected chi connectivity index (χ0v) is 15.8. The fourth-order valence-electron chi connectivity index (χ4n) is 1.87. The van der Waals surface area contributed by atoms with Crippen molar-refractivity contribution in [2.45, 2.75) is 13.5 Å². The Labute approximate surface area is 151 Å². The quantitative estimate of drug-likeness (QED) is 0.176. The van der Waals surface area contributed by atoms with Gasteiger partial charge in [-0.1, -0.05) is 34.6 Å². The second kappa shape index (κ2) is 11.1. The summed E-state index contributed by atoms with van der Waals surface area (Å²) in [6.45, 7) is 1.97. The first-order valence-electron chi connectivity index (χ1n) is 7.31. The van der Waals surface area contributed by atoms with E-state index in [1.165, 1.54) is 39.2 Å². The number of methoxy groups -OCH3 is 2. The Kier molecular flexibility index (Phi) is 9.16. The van der Waals surface area contributed by atoms with Crippen LogP contribution < -0.4 is 0 Å². The van der Waals surface area contributed by atoms with Crippen molar-refractivity contribution in [2.24, 2.45) is 10.3 Å². The van der Waals surface area contributed by atoms with E-state index < -0.39 is 5.97 Å². The van der Waals surface area contributed by atoms with E-state index in [0.29, 0.717) is 16.5 Å². The second-order valence-electron chi connectivity index (χ2n) is 4.63. The highest BCUT2D eigenvalue weighted by Gasteiger charge is 2.11. The topological polar surface area (TPSA) is 78.7 Å². The SMILES string of the molecule is CON=C(SC)C(C)=NOCc1ccccc1C(=CC(=O)OC)OC. The summed E-state index contributed by atoms with van der Waals surface area (Å²) in [5, 5.41) is 8.53. The number of oxime groups is 2. The van der Waals surface area contributed by atoms with Crippen LogP contribution in [0.4, 0.5) is 0 Å². The smallest absolute Gasteiger partial charge is 0.334 e. The van der Waals surface area contributed by atoms with E-state index in [4.69, 9.17) is 14.4 Å². The maximum atomic E-state index is 11.5. The van der Waals surface area contributed by atoms with Crippen LogP contribution in [0.1, 0.15) is 18.1 Å². The number of thioether (sulfide) groups is 1. The molecule has 0 fully saturated rings. The van der Waals surface area contributed by atoms with Crippen LogP contribution in [0.5, 0.6) is 0 Å². The van der Waals surface area contributed by atoms with Gasteiger partial charge < -0.3 is 19.1 Å². The molecule has 0 heterocycles. The van der Waals surface area contributed by atoms with Crippen molar-refractivity contribution in [1.82, 2.24) is 0 Å². The first-order chi connectivity index (χ1) is 12.1. The third kappa shape index (κ3) is 6.50. The number of ether oxygens (including phenoxy) is 2. The average molecular weight is 366 g/mol. The summed E-state index contributed by atoms with van der Waals surface area (Å²) in [5.41, 5.74) is 2.13. The molecule has 0 aliphatic heterocycles. The Hall–Kier alpha value is -2.48. The Morgan fingerprint density at radius 2 is 1.88 bits per heavy atom. The lowest BCUT2D eigenvalue weighted by Crippen LogP contribution is -2.07. The lowest BCUT2D eigenvalue weighted by molar-refractivity contribution is -0.134. The minimum Gasteiger partial charge on any atom is -0.496 e. The number of nitrogens with zero attached hydrogens (tertiary/aromatic N) is 2. The molecule has 1 rings (SSSR count). The predicted molar refractivity (Wildman–Crippen MR) is 99.3 cm³/mol. The zero-order chi connectivity index (χ0) is 18.7. The van der Waals surface area contributed by atoms with Crippen LogP contribution >= 0.6 is 11.8 Å². The molecule has 0 aliphatic rings. The molecule has 1 aromatic carbocycles. The highest BCUT2D eigenvalue weighted by molar-refractivity contribution is 8.15. The van der Waals surface area contributed by atoms with Gasteiger partial charge in [0.05, 0.1) is 20.3 Å². The van der Waals surface area contributed by atoms with E-state index in [-0.39, 0.29) is 6.61 Å². The molecule has 1 aromatic rings. The fourth-order valence-corrected chi connectivity index (χ4v) is 2.35. The largest absolute Gasteiger partial charge is 0.496 e. The van der Waals surface area contributed by atoms with E-state index >= 15 is 0 Å². The van der Waals surface area contributed by atoms with Crippen molar-refractivity contribution in [3.05, 3.63) is 41.5 Å². The fraction of sp³-hybridized carbons (Fsp3) is 0.353. The second-order valence-corrected chi connectivity index (χ2v) is 5.42. The number of rotatable bonds is 8. The Balaban J connectivity index is 2.96. The normalized spacial score (nSPS) is 12.6. The molecule has 7 nitrogen and oxygen atoms in total. The number of hydrogen-bond acceptors (Lipinski definition) is 8. The Morgan fingerprint density at radius 3 is 2.48 bits per heavy atom. The lowest BCUT2D eigenvalue weighted by Gasteiger charge is -2.11. The summed E-state index contributed by atoms with van der Waals surface area (Å²) in [4.78, 5) is 21.7. The van der Waals surface area contributed by atoms with E-state index in [2.05, 4.69) is 15.0 Å². The van der Waals surface area contributed by atoms with Gasteiger partial charge >= 0.3 is 5.97 Å². The standard InChI is InChI=1S/C17H22N2O5S/c1-12(17(25-5)19-23-4)18-24-11-13-8-6-7-9-14(13)15(21-2)10-16(20)22-3/h6-10H,11H2,1-5H3. The highest BCUT2D eigenvalue weighted by atomic mass is 32.2. The molecule has 25 heavy (non-hydrogen) atoms. The molecule has 0 amide bonds. The molecule has 0 saturated carbocycles. The molecule has 0 atom stereocenters. The molecular formula is C17H22N2O5S. The van der Waals surface area contributed by atoms with E-state index in [1.807, 2.05) is 30.5 Å². The number of hydrogen-bond donors (Lipinski definition) is 0. The van der Waals surface area contributed by atoms with Gasteiger partial charge in [0, 0.05) is 11.1 Å². The third-order valence-corrected chi connectivity index (χ3v) is 3.81. The maximum absolute atomic E-state index is 11.5. The lowest BCUT2D eigenvalue weighted by atomic mass is 10.1. The molecule has 0 spiro atoms. The molecule has 8 heteroatoms. The predicted octanol–water partition coefficient (Wildman–Crippen LogP) is 3.06. The Morgan fingerprint density at radius 1 is 1.16 bits per heavy atom. The summed E-state index contributed by atoms with van der Waals surface area (Å²) < 4.78 is 9.94. The molecule has 136 valence electrons.